The van der Waals surface area contributed by atoms with Crippen LogP contribution in [0.2, 0.25) is 0 Å². The molecule has 0 unspecified atom stereocenters. The second-order valence-corrected chi connectivity index (χ2v) is 8.20. The minimum Gasteiger partial charge on any atom is -0.465 e. The van der Waals surface area contributed by atoms with Crippen LogP contribution in [0.5, 0.6) is 11.5 Å². The van der Waals surface area contributed by atoms with E-state index in [0.717, 1.165) is 22.0 Å². The lowest BCUT2D eigenvalue weighted by Crippen LogP contribution is -2.54. The highest BCUT2D eigenvalue weighted by Gasteiger charge is 2.37. The van der Waals surface area contributed by atoms with E-state index in [-0.39, 0.29) is 18.1 Å². The largest absolute Gasteiger partial charge is 0.465 e. The molecule has 3 aromatic rings. The number of imide groups is 2. The molecule has 10 heteroatoms. The van der Waals surface area contributed by atoms with Gasteiger partial charge in [0, 0.05) is 23.1 Å². The molecule has 3 heterocycles. The summed E-state index contributed by atoms with van der Waals surface area (Å²) >= 11 is 0. The summed E-state index contributed by atoms with van der Waals surface area (Å²) in [6.45, 7) is 3.78. The maximum Gasteiger partial charge on any atom is 0.337 e. The zero-order chi connectivity index (χ0) is 25.6. The highest BCUT2D eigenvalue weighted by molar-refractivity contribution is 6.39. The van der Waals surface area contributed by atoms with Gasteiger partial charge >= 0.3 is 12.0 Å². The number of esters is 1. The molecule has 1 N–H and O–H groups in total. The number of barbiturate groups is 1. The maximum absolute atomic E-state index is 13.3. The number of benzene rings is 2. The number of fused-ring (bicyclic) bond motifs is 1. The smallest absolute Gasteiger partial charge is 0.337 e. The van der Waals surface area contributed by atoms with E-state index < -0.39 is 23.8 Å². The summed E-state index contributed by atoms with van der Waals surface area (Å²) in [5.74, 6) is -1.07. The minimum absolute atomic E-state index is 0.0452. The third kappa shape index (κ3) is 3.78. The van der Waals surface area contributed by atoms with Crippen molar-refractivity contribution in [2.75, 3.05) is 18.8 Å². The Morgan fingerprint density at radius 3 is 2.39 bits per heavy atom. The molecule has 0 spiro atoms. The number of urea groups is 1. The van der Waals surface area contributed by atoms with Crippen LogP contribution >= 0.6 is 0 Å². The summed E-state index contributed by atoms with van der Waals surface area (Å²) in [4.78, 5) is 51.1. The number of rotatable bonds is 4. The molecule has 2 aliphatic heterocycles. The van der Waals surface area contributed by atoms with E-state index in [1.54, 1.807) is 36.4 Å². The Kier molecular flexibility index (Phi) is 5.56. The first-order chi connectivity index (χ1) is 17.3. The SMILES string of the molecule is COC(=O)c1ccc(-n2c(C)cc(/C=C3/C(=O)NC(=O)N(c4ccc5c(c4)OCO5)C3=O)c2C)cc1. The molecule has 182 valence electrons. The number of aromatic nitrogens is 1. The average molecular weight is 487 g/mol. The fourth-order valence-corrected chi connectivity index (χ4v) is 4.27. The normalized spacial score (nSPS) is 15.9. The summed E-state index contributed by atoms with van der Waals surface area (Å²) in [6.07, 6.45) is 1.46. The number of nitrogens with one attached hydrogen (secondary N) is 1. The Hall–Kier alpha value is -4.86. The Morgan fingerprint density at radius 1 is 0.972 bits per heavy atom. The van der Waals surface area contributed by atoms with Gasteiger partial charge in [-0.3, -0.25) is 14.9 Å². The van der Waals surface area contributed by atoms with E-state index in [9.17, 15) is 19.2 Å². The van der Waals surface area contributed by atoms with E-state index in [2.05, 4.69) is 5.32 Å². The number of nitrogens with zero attached hydrogens (tertiary/aromatic N) is 2. The van der Waals surface area contributed by atoms with E-state index in [1.165, 1.54) is 19.3 Å². The molecular weight excluding hydrogens is 466 g/mol. The van der Waals surface area contributed by atoms with Gasteiger partial charge in [-0.15, -0.1) is 0 Å². The lowest BCUT2D eigenvalue weighted by atomic mass is 10.1. The quantitative estimate of drug-likeness (QED) is 0.341. The number of methoxy groups -OCH3 is 1. The number of hydrogen-bond donors (Lipinski definition) is 1. The molecule has 36 heavy (non-hydrogen) atoms. The molecule has 2 aliphatic rings. The molecule has 2 aromatic carbocycles. The molecule has 1 saturated heterocycles. The van der Waals surface area contributed by atoms with Gasteiger partial charge in [0.15, 0.2) is 11.5 Å². The van der Waals surface area contributed by atoms with E-state index >= 15 is 0 Å². The predicted molar refractivity (Wildman–Crippen MR) is 128 cm³/mol. The zero-order valence-corrected chi connectivity index (χ0v) is 19.7. The monoisotopic (exact) mass is 487 g/mol. The van der Waals surface area contributed by atoms with Gasteiger partial charge in [0.25, 0.3) is 11.8 Å². The van der Waals surface area contributed by atoms with Crippen LogP contribution in [0.1, 0.15) is 27.3 Å². The number of carbonyl (C=O) groups excluding carboxylic acids is 4. The Balaban J connectivity index is 1.50. The lowest BCUT2D eigenvalue weighted by Gasteiger charge is -2.26. The first-order valence-corrected chi connectivity index (χ1v) is 11.0. The molecular formula is C26H21N3O7. The molecule has 0 saturated carbocycles. The number of ether oxygens (including phenoxy) is 3. The van der Waals surface area contributed by atoms with E-state index in [1.807, 2.05) is 24.5 Å². The van der Waals surface area contributed by atoms with Crippen molar-refractivity contribution in [3.05, 3.63) is 76.6 Å². The van der Waals surface area contributed by atoms with Gasteiger partial charge in [0.05, 0.1) is 18.4 Å². The summed E-state index contributed by atoms with van der Waals surface area (Å²) in [6, 6.07) is 12.5. The molecule has 0 atom stereocenters. The van der Waals surface area contributed by atoms with Gasteiger partial charge in [-0.05, 0) is 68.0 Å². The first kappa shape index (κ1) is 22.9. The van der Waals surface area contributed by atoms with Crippen LogP contribution in [0, 0.1) is 13.8 Å². The molecule has 5 rings (SSSR count). The minimum atomic E-state index is -0.850. The van der Waals surface area contributed by atoms with Gasteiger partial charge in [0.2, 0.25) is 6.79 Å². The van der Waals surface area contributed by atoms with Gasteiger partial charge in [-0.1, -0.05) is 0 Å². The Labute approximate surface area is 205 Å². The summed E-state index contributed by atoms with van der Waals surface area (Å²) in [7, 11) is 1.32. The van der Waals surface area contributed by atoms with Gasteiger partial charge in [0.1, 0.15) is 5.57 Å². The zero-order valence-electron chi connectivity index (χ0n) is 19.7. The topological polar surface area (TPSA) is 116 Å². The fraction of sp³-hybridized carbons (Fsp3) is 0.154. The van der Waals surface area contributed by atoms with Crippen LogP contribution in [0.3, 0.4) is 0 Å². The third-order valence-electron chi connectivity index (χ3n) is 6.03. The van der Waals surface area contributed by atoms with Crippen molar-refractivity contribution in [1.29, 1.82) is 0 Å². The van der Waals surface area contributed by atoms with Crippen molar-refractivity contribution in [1.82, 2.24) is 9.88 Å². The number of amides is 4. The molecule has 0 radical (unpaired) electrons. The fourth-order valence-electron chi connectivity index (χ4n) is 4.27. The molecule has 1 aromatic heterocycles. The summed E-state index contributed by atoms with van der Waals surface area (Å²) < 4.78 is 17.3. The first-order valence-electron chi connectivity index (χ1n) is 11.0. The Morgan fingerprint density at radius 2 is 1.67 bits per heavy atom. The van der Waals surface area contributed by atoms with Crippen LogP contribution < -0.4 is 19.7 Å². The van der Waals surface area contributed by atoms with E-state index in [4.69, 9.17) is 14.2 Å². The average Bonchev–Trinajstić information content (AvgIpc) is 3.44. The number of hydrogen-bond acceptors (Lipinski definition) is 7. The van der Waals surface area contributed by atoms with Gasteiger partial charge < -0.3 is 18.8 Å². The second-order valence-electron chi connectivity index (χ2n) is 8.20. The highest BCUT2D eigenvalue weighted by atomic mass is 16.7. The molecule has 10 nitrogen and oxygen atoms in total. The van der Waals surface area contributed by atoms with Crippen LogP contribution in [-0.4, -0.2) is 42.3 Å². The lowest BCUT2D eigenvalue weighted by molar-refractivity contribution is -0.122. The summed E-state index contributed by atoms with van der Waals surface area (Å²) in [5, 5.41) is 2.23. The van der Waals surface area contributed by atoms with Crippen molar-refractivity contribution in [2.24, 2.45) is 0 Å². The Bertz CT molecular complexity index is 1470. The number of aryl methyl sites for hydroxylation is 1. The standard InChI is InChI=1S/C26H21N3O7/c1-14-10-17(15(2)28(14)18-6-4-16(5-7-18)25(32)34-3)11-20-23(30)27-26(33)29(24(20)31)19-8-9-21-22(12-19)36-13-35-21/h4-12H,13H2,1-3H3,(H,27,30,33)/b20-11-. The second kappa shape index (κ2) is 8.73. The van der Waals surface area contributed by atoms with E-state index in [0.29, 0.717) is 22.6 Å². The van der Waals surface area contributed by atoms with Crippen molar-refractivity contribution in [3.8, 4) is 17.2 Å². The van der Waals surface area contributed by atoms with Crippen molar-refractivity contribution in [3.63, 3.8) is 0 Å². The van der Waals surface area contributed by atoms with Crippen LogP contribution in [0.4, 0.5) is 10.5 Å². The molecule has 0 aliphatic carbocycles. The van der Waals surface area contributed by atoms with Crippen LogP contribution in [0.15, 0.2) is 54.1 Å². The third-order valence-corrected chi connectivity index (χ3v) is 6.03. The predicted octanol–water partition coefficient (Wildman–Crippen LogP) is 3.28. The van der Waals surface area contributed by atoms with Gasteiger partial charge in [-0.25, -0.2) is 14.5 Å². The molecule has 4 amide bonds. The number of anilines is 1. The molecule has 1 fully saturated rings. The van der Waals surface area contributed by atoms with Crippen LogP contribution in [0.25, 0.3) is 11.8 Å². The highest BCUT2D eigenvalue weighted by Crippen LogP contribution is 2.36. The van der Waals surface area contributed by atoms with Crippen molar-refractivity contribution in [2.45, 2.75) is 13.8 Å². The van der Waals surface area contributed by atoms with Crippen molar-refractivity contribution >= 4 is 35.6 Å². The number of carbonyl (C=O) groups is 4. The summed E-state index contributed by atoms with van der Waals surface area (Å²) in [5.41, 5.74) is 3.51. The molecule has 0 bridgehead atoms. The van der Waals surface area contributed by atoms with Crippen molar-refractivity contribution < 1.29 is 33.4 Å². The maximum atomic E-state index is 13.3. The van der Waals surface area contributed by atoms with Gasteiger partial charge in [-0.2, -0.15) is 0 Å². The van der Waals surface area contributed by atoms with Crippen LogP contribution in [-0.2, 0) is 14.3 Å².